The first-order chi connectivity index (χ1) is 15.9. The second kappa shape index (κ2) is 11.3. The lowest BCUT2D eigenvalue weighted by Crippen LogP contribution is -2.15. The Bertz CT molecular complexity index is 1130. The molecule has 0 bridgehead atoms. The Hall–Kier alpha value is -3.66. The van der Waals surface area contributed by atoms with Crippen LogP contribution in [0.15, 0.2) is 66.3 Å². The number of nitrogens with zero attached hydrogens (tertiary/aromatic N) is 4. The highest BCUT2D eigenvalue weighted by Gasteiger charge is 2.18. The summed E-state index contributed by atoms with van der Waals surface area (Å²) in [6.07, 6.45) is 1.73. The summed E-state index contributed by atoms with van der Waals surface area (Å²) < 4.78 is 7.59. The monoisotopic (exact) mass is 467 g/mol. The average Bonchev–Trinajstić information content (AvgIpc) is 3.19. The first-order valence-corrected chi connectivity index (χ1v) is 11.3. The van der Waals surface area contributed by atoms with Gasteiger partial charge in [0.25, 0.3) is 5.69 Å². The topological polar surface area (TPSA) is 112 Å². The maximum Gasteiger partial charge on any atom is 0.292 e. The molecule has 0 unspecified atom stereocenters. The van der Waals surface area contributed by atoms with Crippen LogP contribution in [0, 0.1) is 16.0 Å². The van der Waals surface area contributed by atoms with Crippen molar-refractivity contribution in [2.75, 3.05) is 17.7 Å². The lowest BCUT2D eigenvalue weighted by molar-refractivity contribution is -0.383. The maximum absolute atomic E-state index is 12.4. The van der Waals surface area contributed by atoms with E-state index in [0.29, 0.717) is 30.1 Å². The molecule has 1 N–H and O–H groups in total. The number of nitro groups is 1. The van der Waals surface area contributed by atoms with Crippen LogP contribution in [0.25, 0.3) is 11.4 Å². The Morgan fingerprint density at radius 2 is 1.97 bits per heavy atom. The number of para-hydroxylation sites is 2. The van der Waals surface area contributed by atoms with E-state index in [-0.39, 0.29) is 23.0 Å². The van der Waals surface area contributed by atoms with Crippen molar-refractivity contribution < 1.29 is 14.5 Å². The lowest BCUT2D eigenvalue weighted by Gasteiger charge is -2.10. The second-order valence-electron chi connectivity index (χ2n) is 7.55. The van der Waals surface area contributed by atoms with Crippen molar-refractivity contribution in [2.24, 2.45) is 5.92 Å². The molecule has 0 saturated carbocycles. The third-order valence-corrected chi connectivity index (χ3v) is 5.40. The number of hydrogen-bond donors (Lipinski definition) is 1. The minimum atomic E-state index is -0.533. The zero-order valence-electron chi connectivity index (χ0n) is 18.4. The van der Waals surface area contributed by atoms with E-state index in [1.54, 1.807) is 18.2 Å². The highest BCUT2D eigenvalue weighted by Crippen LogP contribution is 2.27. The van der Waals surface area contributed by atoms with E-state index in [2.05, 4.69) is 35.9 Å². The number of nitro benzene ring substituents is 1. The first-order valence-electron chi connectivity index (χ1n) is 10.3. The van der Waals surface area contributed by atoms with Gasteiger partial charge in [0, 0.05) is 18.2 Å². The Labute approximate surface area is 196 Å². The van der Waals surface area contributed by atoms with Gasteiger partial charge in [-0.1, -0.05) is 43.8 Å². The van der Waals surface area contributed by atoms with Crippen LogP contribution in [0.4, 0.5) is 11.4 Å². The summed E-state index contributed by atoms with van der Waals surface area (Å²) in [5.74, 6) is 1.50. The lowest BCUT2D eigenvalue weighted by atomic mass is 10.2. The summed E-state index contributed by atoms with van der Waals surface area (Å²) in [7, 11) is 0. The van der Waals surface area contributed by atoms with Crippen LogP contribution in [0.5, 0.6) is 5.75 Å². The van der Waals surface area contributed by atoms with Gasteiger partial charge in [0.15, 0.2) is 11.0 Å². The molecule has 1 aromatic heterocycles. The van der Waals surface area contributed by atoms with Gasteiger partial charge in [0.1, 0.15) is 11.4 Å². The van der Waals surface area contributed by atoms with Gasteiger partial charge in [-0.05, 0) is 36.2 Å². The van der Waals surface area contributed by atoms with Crippen molar-refractivity contribution in [1.82, 2.24) is 14.8 Å². The number of rotatable bonds is 11. The average molecular weight is 468 g/mol. The molecule has 3 aromatic rings. The van der Waals surface area contributed by atoms with Crippen LogP contribution < -0.4 is 10.1 Å². The summed E-state index contributed by atoms with van der Waals surface area (Å²) >= 11 is 1.19. The van der Waals surface area contributed by atoms with E-state index >= 15 is 0 Å². The van der Waals surface area contributed by atoms with Crippen LogP contribution in [-0.4, -0.2) is 38.0 Å². The van der Waals surface area contributed by atoms with Crippen molar-refractivity contribution >= 4 is 29.0 Å². The van der Waals surface area contributed by atoms with Crippen molar-refractivity contribution in [3.63, 3.8) is 0 Å². The van der Waals surface area contributed by atoms with Gasteiger partial charge in [-0.2, -0.15) is 0 Å². The summed E-state index contributed by atoms with van der Waals surface area (Å²) in [5.41, 5.74) is 0.854. The van der Waals surface area contributed by atoms with Gasteiger partial charge in [0.2, 0.25) is 5.91 Å². The smallest absolute Gasteiger partial charge is 0.292 e. The summed E-state index contributed by atoms with van der Waals surface area (Å²) in [5, 5.41) is 22.8. The summed E-state index contributed by atoms with van der Waals surface area (Å²) in [4.78, 5) is 23.0. The van der Waals surface area contributed by atoms with Crippen molar-refractivity contribution in [3.8, 4) is 17.1 Å². The molecule has 0 saturated heterocycles. The Morgan fingerprint density at radius 1 is 1.24 bits per heavy atom. The van der Waals surface area contributed by atoms with Gasteiger partial charge >= 0.3 is 0 Å². The second-order valence-corrected chi connectivity index (χ2v) is 8.49. The molecule has 0 radical (unpaired) electrons. The van der Waals surface area contributed by atoms with E-state index in [9.17, 15) is 14.9 Å². The maximum atomic E-state index is 12.4. The quantitative estimate of drug-likeness (QED) is 0.186. The zero-order chi connectivity index (χ0) is 23.8. The number of carbonyl (C=O) groups is 1. The summed E-state index contributed by atoms with van der Waals surface area (Å²) in [6, 6.07) is 13.6. The largest absolute Gasteiger partial charge is 0.493 e. The molecule has 0 aliphatic rings. The molecular weight excluding hydrogens is 442 g/mol. The fraction of sp³-hybridized carbons (Fsp3) is 0.261. The number of thioether (sulfide) groups is 1. The van der Waals surface area contributed by atoms with Crippen LogP contribution in [0.1, 0.15) is 13.8 Å². The number of allylic oxidation sites excluding steroid dienone is 1. The predicted molar refractivity (Wildman–Crippen MR) is 128 cm³/mol. The third-order valence-electron chi connectivity index (χ3n) is 4.43. The minimum absolute atomic E-state index is 0.0172. The molecule has 10 heteroatoms. The van der Waals surface area contributed by atoms with E-state index in [1.165, 1.54) is 23.9 Å². The van der Waals surface area contributed by atoms with Gasteiger partial charge in [-0.15, -0.1) is 16.8 Å². The molecule has 0 aliphatic heterocycles. The van der Waals surface area contributed by atoms with Crippen LogP contribution >= 0.6 is 11.8 Å². The molecule has 0 fully saturated rings. The molecule has 0 aliphatic carbocycles. The highest BCUT2D eigenvalue weighted by molar-refractivity contribution is 7.99. The van der Waals surface area contributed by atoms with Crippen molar-refractivity contribution in [2.45, 2.75) is 25.5 Å². The molecule has 0 atom stereocenters. The van der Waals surface area contributed by atoms with E-state index in [0.717, 1.165) is 11.3 Å². The number of carbonyl (C=O) groups excluding carboxylic acids is 1. The molecule has 172 valence electrons. The zero-order valence-corrected chi connectivity index (χ0v) is 19.2. The fourth-order valence-corrected chi connectivity index (χ4v) is 3.67. The number of anilines is 1. The van der Waals surface area contributed by atoms with Crippen LogP contribution in [0.2, 0.25) is 0 Å². The number of aromatic nitrogens is 3. The molecule has 1 heterocycles. The molecule has 33 heavy (non-hydrogen) atoms. The number of hydrogen-bond acceptors (Lipinski definition) is 7. The molecule has 0 spiro atoms. The van der Waals surface area contributed by atoms with Gasteiger partial charge in [0.05, 0.1) is 17.3 Å². The Kier molecular flexibility index (Phi) is 8.20. The normalized spacial score (nSPS) is 10.8. The van der Waals surface area contributed by atoms with Crippen LogP contribution in [0.3, 0.4) is 0 Å². The van der Waals surface area contributed by atoms with E-state index < -0.39 is 4.92 Å². The molecule has 1 amide bonds. The Balaban J connectivity index is 1.70. The highest BCUT2D eigenvalue weighted by atomic mass is 32.2. The minimum Gasteiger partial charge on any atom is -0.493 e. The summed E-state index contributed by atoms with van der Waals surface area (Å²) in [6.45, 7) is 9.08. The number of benzene rings is 2. The van der Waals surface area contributed by atoms with Crippen molar-refractivity contribution in [3.05, 3.63) is 71.3 Å². The molecular formula is C23H25N5O4S. The Morgan fingerprint density at radius 3 is 2.64 bits per heavy atom. The molecule has 9 nitrogen and oxygen atoms in total. The predicted octanol–water partition coefficient (Wildman–Crippen LogP) is 4.80. The molecule has 3 rings (SSSR count). The van der Waals surface area contributed by atoms with Gasteiger partial charge in [-0.3, -0.25) is 19.5 Å². The fourth-order valence-electron chi connectivity index (χ4n) is 2.92. The van der Waals surface area contributed by atoms with Crippen molar-refractivity contribution in [1.29, 1.82) is 0 Å². The van der Waals surface area contributed by atoms with E-state index in [4.69, 9.17) is 4.74 Å². The third kappa shape index (κ3) is 6.42. The van der Waals surface area contributed by atoms with Crippen LogP contribution in [-0.2, 0) is 11.3 Å². The number of ether oxygens (including phenoxy) is 1. The van der Waals surface area contributed by atoms with Gasteiger partial charge < -0.3 is 10.1 Å². The number of amides is 1. The van der Waals surface area contributed by atoms with Gasteiger partial charge in [-0.25, -0.2) is 0 Å². The first kappa shape index (κ1) is 24.0. The van der Waals surface area contributed by atoms with E-state index in [1.807, 2.05) is 28.8 Å². The number of nitrogens with one attached hydrogen (secondary N) is 1. The SMILES string of the molecule is C=CCn1c(SCC(=O)Nc2ccccc2[N+](=O)[O-])nnc1-c1ccc(OCC(C)C)cc1. The standard InChI is InChI=1S/C23H25N5O4S/c1-4-13-27-22(17-9-11-18(12-10-17)32-14-16(2)3)25-26-23(27)33-15-21(29)24-19-7-5-6-8-20(19)28(30)31/h4-12,16H,1,13-15H2,2-3H3,(H,24,29). The molecule has 2 aromatic carbocycles.